The van der Waals surface area contributed by atoms with Gasteiger partial charge < -0.3 is 25.5 Å². The molecule has 0 saturated carbocycles. The quantitative estimate of drug-likeness (QED) is 0.659. The Hall–Kier alpha value is -1.50. The summed E-state index contributed by atoms with van der Waals surface area (Å²) in [4.78, 5) is 0. The Labute approximate surface area is 132 Å². The van der Waals surface area contributed by atoms with Crippen LogP contribution in [-0.2, 0) is 9.31 Å². The number of rotatable bonds is 4. The molecular formula is C16H25BN2O3. The largest absolute Gasteiger partial charge is 0.496 e. The Bertz CT molecular complexity index is 569. The second-order valence-electron chi connectivity index (χ2n) is 6.51. The highest BCUT2D eigenvalue weighted by Gasteiger charge is 2.52. The fourth-order valence-corrected chi connectivity index (χ4v) is 2.28. The van der Waals surface area contributed by atoms with Crippen molar-refractivity contribution in [2.45, 2.75) is 38.9 Å². The number of benzene rings is 1. The number of ether oxygens (including phenoxy) is 1. The molecule has 0 bridgehead atoms. The Kier molecular flexibility index (Phi) is 4.56. The average Bonchev–Trinajstić information content (AvgIpc) is 2.64. The zero-order valence-corrected chi connectivity index (χ0v) is 14.0. The molecule has 6 heteroatoms. The van der Waals surface area contributed by atoms with Crippen LogP contribution in [0.4, 0.5) is 5.69 Å². The van der Waals surface area contributed by atoms with Gasteiger partial charge in [0.25, 0.3) is 0 Å². The summed E-state index contributed by atoms with van der Waals surface area (Å²) in [6, 6.07) is 5.48. The molecule has 1 aromatic carbocycles. The summed E-state index contributed by atoms with van der Waals surface area (Å²) in [5, 5.41) is 0. The van der Waals surface area contributed by atoms with Crippen LogP contribution < -0.4 is 16.2 Å². The maximum Gasteiger partial charge on any atom is 0.491 e. The predicted molar refractivity (Wildman–Crippen MR) is 90.5 cm³/mol. The molecule has 2 rings (SSSR count). The predicted octanol–water partition coefficient (Wildman–Crippen LogP) is 2.25. The Morgan fingerprint density at radius 3 is 2.32 bits per heavy atom. The van der Waals surface area contributed by atoms with E-state index in [2.05, 4.69) is 0 Å². The molecular weight excluding hydrogens is 279 g/mol. The highest BCUT2D eigenvalue weighted by atomic mass is 16.7. The molecule has 0 unspecified atom stereocenters. The summed E-state index contributed by atoms with van der Waals surface area (Å²) >= 11 is 0. The lowest BCUT2D eigenvalue weighted by Gasteiger charge is -2.32. The van der Waals surface area contributed by atoms with Crippen molar-refractivity contribution < 1.29 is 14.0 Å². The van der Waals surface area contributed by atoms with E-state index in [9.17, 15) is 0 Å². The van der Waals surface area contributed by atoms with E-state index in [1.54, 1.807) is 13.2 Å². The van der Waals surface area contributed by atoms with Crippen LogP contribution in [0.15, 0.2) is 23.7 Å². The Morgan fingerprint density at radius 2 is 1.82 bits per heavy atom. The maximum atomic E-state index is 6.05. The molecule has 22 heavy (non-hydrogen) atoms. The number of nitrogens with two attached hydrogens (primary N) is 2. The van der Waals surface area contributed by atoms with Gasteiger partial charge in [-0.05, 0) is 51.4 Å². The van der Waals surface area contributed by atoms with Crippen molar-refractivity contribution in [3.8, 4) is 5.75 Å². The molecule has 1 aliphatic rings. The van der Waals surface area contributed by atoms with Crippen molar-refractivity contribution in [1.29, 1.82) is 0 Å². The lowest BCUT2D eigenvalue weighted by atomic mass is 9.77. The first-order valence-electron chi connectivity index (χ1n) is 7.40. The molecule has 0 spiro atoms. The average molecular weight is 304 g/mol. The van der Waals surface area contributed by atoms with E-state index < -0.39 is 18.3 Å². The molecule has 0 aliphatic carbocycles. The molecule has 0 aromatic heterocycles. The van der Waals surface area contributed by atoms with Crippen LogP contribution in [0.2, 0.25) is 0 Å². The monoisotopic (exact) mass is 304 g/mol. The number of methoxy groups -OCH3 is 1. The van der Waals surface area contributed by atoms with Gasteiger partial charge in [0.2, 0.25) is 0 Å². The highest BCUT2D eigenvalue weighted by Crippen LogP contribution is 2.39. The summed E-state index contributed by atoms with van der Waals surface area (Å²) in [7, 11) is 1.15. The first kappa shape index (κ1) is 16.9. The van der Waals surface area contributed by atoms with E-state index in [0.29, 0.717) is 12.2 Å². The van der Waals surface area contributed by atoms with Gasteiger partial charge in [0.1, 0.15) is 5.75 Å². The number of nitrogen functional groups attached to an aromatic ring is 1. The first-order chi connectivity index (χ1) is 10.2. The fourth-order valence-electron chi connectivity index (χ4n) is 2.28. The number of anilines is 1. The van der Waals surface area contributed by atoms with Gasteiger partial charge >= 0.3 is 7.12 Å². The summed E-state index contributed by atoms with van der Waals surface area (Å²) < 4.78 is 17.5. The van der Waals surface area contributed by atoms with Gasteiger partial charge in [-0.1, -0.05) is 6.08 Å². The van der Waals surface area contributed by atoms with Crippen LogP contribution in [0.25, 0.3) is 6.08 Å². The summed E-state index contributed by atoms with van der Waals surface area (Å²) in [5.74, 6) is 0.733. The fraction of sp³-hybridized carbons (Fsp3) is 0.500. The van der Waals surface area contributed by atoms with Crippen LogP contribution in [0.3, 0.4) is 0 Å². The second-order valence-corrected chi connectivity index (χ2v) is 6.51. The normalized spacial score (nSPS) is 20.3. The summed E-state index contributed by atoms with van der Waals surface area (Å²) in [6.07, 6.45) is 1.93. The van der Waals surface area contributed by atoms with E-state index in [1.807, 2.05) is 45.9 Å². The van der Waals surface area contributed by atoms with Crippen molar-refractivity contribution in [2.75, 3.05) is 19.4 Å². The molecule has 1 aliphatic heterocycles. The van der Waals surface area contributed by atoms with E-state index in [1.165, 1.54) is 0 Å². The van der Waals surface area contributed by atoms with Crippen LogP contribution in [0.5, 0.6) is 5.75 Å². The van der Waals surface area contributed by atoms with Gasteiger partial charge in [-0.3, -0.25) is 0 Å². The highest BCUT2D eigenvalue weighted by molar-refractivity contribution is 6.55. The maximum absolute atomic E-state index is 6.05. The van der Waals surface area contributed by atoms with Crippen molar-refractivity contribution >= 4 is 18.9 Å². The zero-order valence-electron chi connectivity index (χ0n) is 14.0. The summed E-state index contributed by atoms with van der Waals surface area (Å²) in [5.41, 5.74) is 13.3. The number of hydrogen-bond acceptors (Lipinski definition) is 5. The standard InChI is InChI=1S/C16H25BN2O3/c1-15(2)16(3,4)22-17(21-15)12(10-18)8-11-9-13(19)6-7-14(11)20-5/h6-9H,10,18-19H2,1-5H3. The SMILES string of the molecule is COc1ccc(N)cc1C=C(CN)B1OC(C)(C)C(C)(C)O1. The minimum Gasteiger partial charge on any atom is -0.496 e. The van der Waals surface area contributed by atoms with Gasteiger partial charge in [0, 0.05) is 17.8 Å². The first-order valence-corrected chi connectivity index (χ1v) is 7.40. The minimum absolute atomic E-state index is 0.328. The molecule has 1 heterocycles. The van der Waals surface area contributed by atoms with Gasteiger partial charge in [0.15, 0.2) is 0 Å². The van der Waals surface area contributed by atoms with Crippen molar-refractivity contribution in [3.05, 3.63) is 29.2 Å². The van der Waals surface area contributed by atoms with Crippen molar-refractivity contribution in [2.24, 2.45) is 5.73 Å². The molecule has 5 nitrogen and oxygen atoms in total. The molecule has 1 aromatic rings. The molecule has 1 saturated heterocycles. The van der Waals surface area contributed by atoms with Gasteiger partial charge in [-0.15, -0.1) is 0 Å². The topological polar surface area (TPSA) is 79.7 Å². The molecule has 0 atom stereocenters. The second kappa shape index (κ2) is 5.95. The molecule has 0 amide bonds. The van der Waals surface area contributed by atoms with Crippen LogP contribution in [0, 0.1) is 0 Å². The van der Waals surface area contributed by atoms with Gasteiger partial charge in [-0.25, -0.2) is 0 Å². The van der Waals surface area contributed by atoms with E-state index >= 15 is 0 Å². The molecule has 4 N–H and O–H groups in total. The van der Waals surface area contributed by atoms with Crippen molar-refractivity contribution in [3.63, 3.8) is 0 Å². The lowest BCUT2D eigenvalue weighted by molar-refractivity contribution is 0.00578. The number of hydrogen-bond donors (Lipinski definition) is 2. The van der Waals surface area contributed by atoms with E-state index in [-0.39, 0.29) is 0 Å². The Morgan fingerprint density at radius 1 is 1.23 bits per heavy atom. The van der Waals surface area contributed by atoms with Gasteiger partial charge in [-0.2, -0.15) is 0 Å². The Balaban J connectivity index is 2.35. The van der Waals surface area contributed by atoms with Crippen LogP contribution in [0.1, 0.15) is 33.3 Å². The molecule has 1 fully saturated rings. The van der Waals surface area contributed by atoms with E-state index in [4.69, 9.17) is 25.5 Å². The van der Waals surface area contributed by atoms with E-state index in [0.717, 1.165) is 16.8 Å². The van der Waals surface area contributed by atoms with Crippen LogP contribution in [-0.4, -0.2) is 32.0 Å². The van der Waals surface area contributed by atoms with Gasteiger partial charge in [0.05, 0.1) is 18.3 Å². The lowest BCUT2D eigenvalue weighted by Crippen LogP contribution is -2.41. The third kappa shape index (κ3) is 3.14. The summed E-state index contributed by atoms with van der Waals surface area (Å²) in [6.45, 7) is 8.39. The minimum atomic E-state index is -0.471. The molecule has 120 valence electrons. The zero-order chi connectivity index (χ0) is 16.5. The third-order valence-electron chi connectivity index (χ3n) is 4.39. The third-order valence-corrected chi connectivity index (χ3v) is 4.39. The molecule has 0 radical (unpaired) electrons. The van der Waals surface area contributed by atoms with Crippen LogP contribution >= 0.6 is 0 Å². The van der Waals surface area contributed by atoms with Crippen molar-refractivity contribution in [1.82, 2.24) is 0 Å². The smallest absolute Gasteiger partial charge is 0.491 e.